The second-order valence-electron chi connectivity index (χ2n) is 2.37. The van der Waals surface area contributed by atoms with Gasteiger partial charge < -0.3 is 5.32 Å². The zero-order valence-electron chi connectivity index (χ0n) is 6.98. The van der Waals surface area contributed by atoms with E-state index in [1.165, 1.54) is 25.2 Å². The first-order valence-electron chi connectivity index (χ1n) is 3.61. The first-order chi connectivity index (χ1) is 6.20. The molecule has 5 heteroatoms. The van der Waals surface area contributed by atoms with Crippen molar-refractivity contribution in [1.82, 2.24) is 0 Å². The van der Waals surface area contributed by atoms with E-state index in [9.17, 15) is 14.9 Å². The summed E-state index contributed by atoms with van der Waals surface area (Å²) in [7, 11) is 1.54. The van der Waals surface area contributed by atoms with Crippen LogP contribution in [0.15, 0.2) is 18.2 Å². The fourth-order valence-corrected chi connectivity index (χ4v) is 1.08. The lowest BCUT2D eigenvalue weighted by Gasteiger charge is -2.03. The minimum absolute atomic E-state index is 0.0906. The van der Waals surface area contributed by atoms with Crippen molar-refractivity contribution in [3.05, 3.63) is 33.9 Å². The van der Waals surface area contributed by atoms with Crippen LogP contribution in [0, 0.1) is 10.1 Å². The molecule has 0 radical (unpaired) electrons. The second-order valence-corrected chi connectivity index (χ2v) is 2.37. The molecule has 0 saturated carbocycles. The maximum atomic E-state index is 10.5. The van der Waals surface area contributed by atoms with Crippen LogP contribution in [0.25, 0.3) is 0 Å². The number of hydrogen-bond acceptors (Lipinski definition) is 4. The molecule has 0 aliphatic rings. The summed E-state index contributed by atoms with van der Waals surface area (Å²) in [4.78, 5) is 20.5. The molecule has 1 rings (SSSR count). The molecule has 0 bridgehead atoms. The fraction of sp³-hybridized carbons (Fsp3) is 0.125. The first kappa shape index (κ1) is 9.18. The quantitative estimate of drug-likeness (QED) is 0.434. The van der Waals surface area contributed by atoms with Gasteiger partial charge in [0, 0.05) is 18.7 Å². The van der Waals surface area contributed by atoms with Gasteiger partial charge in [0.15, 0.2) is 6.29 Å². The van der Waals surface area contributed by atoms with Crippen LogP contribution >= 0.6 is 0 Å². The Morgan fingerprint density at radius 1 is 1.54 bits per heavy atom. The molecular formula is C8H8N2O3. The topological polar surface area (TPSA) is 72.2 Å². The van der Waals surface area contributed by atoms with Gasteiger partial charge in [-0.2, -0.15) is 0 Å². The zero-order valence-corrected chi connectivity index (χ0v) is 6.98. The molecule has 0 amide bonds. The van der Waals surface area contributed by atoms with E-state index in [0.717, 1.165) is 0 Å². The van der Waals surface area contributed by atoms with E-state index in [2.05, 4.69) is 5.32 Å². The van der Waals surface area contributed by atoms with Crippen molar-refractivity contribution < 1.29 is 9.72 Å². The molecule has 0 unspecified atom stereocenters. The fourth-order valence-electron chi connectivity index (χ4n) is 1.08. The molecule has 1 aromatic rings. The number of anilines is 1. The Morgan fingerprint density at radius 2 is 2.23 bits per heavy atom. The highest BCUT2D eigenvalue weighted by Gasteiger charge is 2.14. The van der Waals surface area contributed by atoms with Crippen molar-refractivity contribution in [2.24, 2.45) is 0 Å². The third-order valence-electron chi connectivity index (χ3n) is 1.65. The van der Waals surface area contributed by atoms with Crippen molar-refractivity contribution in [2.45, 2.75) is 0 Å². The zero-order chi connectivity index (χ0) is 9.84. The predicted molar refractivity (Wildman–Crippen MR) is 48.0 cm³/mol. The van der Waals surface area contributed by atoms with Gasteiger partial charge in [-0.25, -0.2) is 0 Å². The molecular weight excluding hydrogens is 172 g/mol. The Hall–Kier alpha value is -1.91. The van der Waals surface area contributed by atoms with Crippen LogP contribution < -0.4 is 5.32 Å². The van der Waals surface area contributed by atoms with Crippen molar-refractivity contribution >= 4 is 17.7 Å². The van der Waals surface area contributed by atoms with Gasteiger partial charge >= 0.3 is 0 Å². The summed E-state index contributed by atoms with van der Waals surface area (Å²) >= 11 is 0. The van der Waals surface area contributed by atoms with Gasteiger partial charge in [-0.3, -0.25) is 14.9 Å². The van der Waals surface area contributed by atoms with E-state index in [4.69, 9.17) is 0 Å². The highest BCUT2D eigenvalue weighted by atomic mass is 16.6. The number of aldehydes is 1. The number of nitro benzene ring substituents is 1. The Bertz CT molecular complexity index is 349. The molecule has 0 atom stereocenters. The molecule has 0 heterocycles. The van der Waals surface area contributed by atoms with Crippen LogP contribution in [0.4, 0.5) is 11.4 Å². The predicted octanol–water partition coefficient (Wildman–Crippen LogP) is 1.45. The van der Waals surface area contributed by atoms with Gasteiger partial charge in [-0.1, -0.05) is 6.07 Å². The lowest BCUT2D eigenvalue weighted by molar-refractivity contribution is -0.383. The van der Waals surface area contributed by atoms with E-state index >= 15 is 0 Å². The molecule has 5 nitrogen and oxygen atoms in total. The number of nitrogens with zero attached hydrogens (tertiary/aromatic N) is 1. The van der Waals surface area contributed by atoms with Gasteiger partial charge in [0.1, 0.15) is 5.69 Å². The molecule has 0 aromatic heterocycles. The molecule has 0 saturated heterocycles. The standard InChI is InChI=1S/C8H8N2O3/c1-9-8-6(5-11)3-2-4-7(8)10(12)13/h2-5,9H,1H3. The highest BCUT2D eigenvalue weighted by Crippen LogP contribution is 2.26. The number of benzene rings is 1. The first-order valence-corrected chi connectivity index (χ1v) is 3.61. The van der Waals surface area contributed by atoms with E-state index in [0.29, 0.717) is 6.29 Å². The van der Waals surface area contributed by atoms with Crippen molar-refractivity contribution in [2.75, 3.05) is 12.4 Å². The largest absolute Gasteiger partial charge is 0.382 e. The average Bonchev–Trinajstić information content (AvgIpc) is 2.16. The number of carbonyl (C=O) groups is 1. The maximum absolute atomic E-state index is 10.5. The smallest absolute Gasteiger partial charge is 0.293 e. The average molecular weight is 180 g/mol. The van der Waals surface area contributed by atoms with Gasteiger partial charge in [-0.05, 0) is 6.07 Å². The normalized spacial score (nSPS) is 9.31. The summed E-state index contributed by atoms with van der Waals surface area (Å²) in [6, 6.07) is 4.34. The SMILES string of the molecule is CNc1c(C=O)cccc1[N+](=O)[O-]. The number of para-hydroxylation sites is 1. The van der Waals surface area contributed by atoms with Crippen molar-refractivity contribution in [3.8, 4) is 0 Å². The van der Waals surface area contributed by atoms with E-state index in [1.807, 2.05) is 0 Å². The van der Waals surface area contributed by atoms with Crippen LogP contribution in [0.3, 0.4) is 0 Å². The van der Waals surface area contributed by atoms with Crippen molar-refractivity contribution in [3.63, 3.8) is 0 Å². The molecule has 0 aliphatic heterocycles. The second kappa shape index (κ2) is 3.66. The molecule has 0 fully saturated rings. The summed E-state index contributed by atoms with van der Waals surface area (Å²) < 4.78 is 0. The lowest BCUT2D eigenvalue weighted by Crippen LogP contribution is -1.99. The Labute approximate surface area is 74.5 Å². The lowest BCUT2D eigenvalue weighted by atomic mass is 10.1. The highest BCUT2D eigenvalue weighted by molar-refractivity contribution is 5.88. The van der Waals surface area contributed by atoms with Gasteiger partial charge in [0.25, 0.3) is 5.69 Å². The molecule has 1 aromatic carbocycles. The molecule has 13 heavy (non-hydrogen) atoms. The molecule has 0 aliphatic carbocycles. The Kier molecular flexibility index (Phi) is 2.59. The summed E-state index contributed by atoms with van der Waals surface area (Å²) in [6.45, 7) is 0. The van der Waals surface area contributed by atoms with Crippen LogP contribution in [0.5, 0.6) is 0 Å². The van der Waals surface area contributed by atoms with Crippen LogP contribution in [-0.2, 0) is 0 Å². The maximum Gasteiger partial charge on any atom is 0.293 e. The van der Waals surface area contributed by atoms with E-state index in [1.54, 1.807) is 0 Å². The Balaban J connectivity index is 3.35. The summed E-state index contributed by atoms with van der Waals surface area (Å²) in [6.07, 6.45) is 0.582. The molecule has 68 valence electrons. The van der Waals surface area contributed by atoms with E-state index in [-0.39, 0.29) is 16.9 Å². The number of rotatable bonds is 3. The van der Waals surface area contributed by atoms with Gasteiger partial charge in [-0.15, -0.1) is 0 Å². The van der Waals surface area contributed by atoms with E-state index < -0.39 is 4.92 Å². The molecule has 0 spiro atoms. The molecule has 1 N–H and O–H groups in total. The Morgan fingerprint density at radius 3 is 2.69 bits per heavy atom. The monoisotopic (exact) mass is 180 g/mol. The summed E-state index contributed by atoms with van der Waals surface area (Å²) in [5, 5.41) is 13.1. The third kappa shape index (κ3) is 1.64. The number of carbonyl (C=O) groups excluding carboxylic acids is 1. The van der Waals surface area contributed by atoms with Gasteiger partial charge in [0.2, 0.25) is 0 Å². The van der Waals surface area contributed by atoms with Crippen molar-refractivity contribution in [1.29, 1.82) is 0 Å². The number of nitrogens with one attached hydrogen (secondary N) is 1. The summed E-state index contributed by atoms with van der Waals surface area (Å²) in [5.41, 5.74) is 0.450. The number of hydrogen-bond donors (Lipinski definition) is 1. The number of nitro groups is 1. The summed E-state index contributed by atoms with van der Waals surface area (Å²) in [5.74, 6) is 0. The van der Waals surface area contributed by atoms with Crippen LogP contribution in [-0.4, -0.2) is 18.3 Å². The minimum atomic E-state index is -0.529. The minimum Gasteiger partial charge on any atom is -0.382 e. The third-order valence-corrected chi connectivity index (χ3v) is 1.65. The van der Waals surface area contributed by atoms with Crippen LogP contribution in [0.1, 0.15) is 10.4 Å². The van der Waals surface area contributed by atoms with Gasteiger partial charge in [0.05, 0.1) is 4.92 Å². The van der Waals surface area contributed by atoms with Crippen LogP contribution in [0.2, 0.25) is 0 Å².